The van der Waals surface area contributed by atoms with Crippen LogP contribution in [0.25, 0.3) is 0 Å². The molecule has 92 valence electrons. The summed E-state index contributed by atoms with van der Waals surface area (Å²) in [5, 5.41) is 3.47. The molecule has 1 fully saturated rings. The van der Waals surface area contributed by atoms with Crippen molar-refractivity contribution in [2.24, 2.45) is 0 Å². The third-order valence-corrected chi connectivity index (χ3v) is 3.42. The van der Waals surface area contributed by atoms with Crippen molar-refractivity contribution in [3.63, 3.8) is 0 Å². The SMILES string of the molecule is CC(=O)c1ccc(N)c(NC2CCCCC2)c1. The molecule has 3 heteroatoms. The normalized spacial score (nSPS) is 16.8. The molecule has 0 aliphatic heterocycles. The van der Waals surface area contributed by atoms with Crippen molar-refractivity contribution in [2.45, 2.75) is 45.1 Å². The predicted molar refractivity (Wildman–Crippen MR) is 71.4 cm³/mol. The van der Waals surface area contributed by atoms with E-state index in [-0.39, 0.29) is 5.78 Å². The van der Waals surface area contributed by atoms with Crippen LogP contribution in [0.3, 0.4) is 0 Å². The maximum absolute atomic E-state index is 11.3. The van der Waals surface area contributed by atoms with Gasteiger partial charge in [0, 0.05) is 11.6 Å². The fourth-order valence-corrected chi connectivity index (χ4v) is 2.37. The van der Waals surface area contributed by atoms with E-state index in [0.29, 0.717) is 6.04 Å². The molecule has 0 atom stereocenters. The molecule has 0 saturated heterocycles. The Morgan fingerprint density at radius 2 is 2.00 bits per heavy atom. The molecule has 3 nitrogen and oxygen atoms in total. The number of hydrogen-bond donors (Lipinski definition) is 2. The molecule has 0 radical (unpaired) electrons. The Balaban J connectivity index is 2.13. The molecule has 1 aromatic carbocycles. The Labute approximate surface area is 102 Å². The van der Waals surface area contributed by atoms with Crippen LogP contribution in [-0.4, -0.2) is 11.8 Å². The van der Waals surface area contributed by atoms with Crippen LogP contribution in [0.4, 0.5) is 11.4 Å². The molecular weight excluding hydrogens is 212 g/mol. The molecule has 1 aliphatic rings. The van der Waals surface area contributed by atoms with E-state index >= 15 is 0 Å². The van der Waals surface area contributed by atoms with Gasteiger partial charge in [0.05, 0.1) is 11.4 Å². The highest BCUT2D eigenvalue weighted by Crippen LogP contribution is 2.26. The topological polar surface area (TPSA) is 55.1 Å². The summed E-state index contributed by atoms with van der Waals surface area (Å²) >= 11 is 0. The van der Waals surface area contributed by atoms with Crippen molar-refractivity contribution < 1.29 is 4.79 Å². The maximum atomic E-state index is 11.3. The Hall–Kier alpha value is -1.51. The van der Waals surface area contributed by atoms with E-state index in [9.17, 15) is 4.79 Å². The second-order valence-electron chi connectivity index (χ2n) is 4.84. The lowest BCUT2D eigenvalue weighted by atomic mass is 9.95. The summed E-state index contributed by atoms with van der Waals surface area (Å²) in [5.41, 5.74) is 8.28. The quantitative estimate of drug-likeness (QED) is 0.621. The van der Waals surface area contributed by atoms with E-state index in [4.69, 9.17) is 5.73 Å². The largest absolute Gasteiger partial charge is 0.397 e. The molecule has 2 rings (SSSR count). The van der Waals surface area contributed by atoms with Gasteiger partial charge in [-0.3, -0.25) is 4.79 Å². The van der Waals surface area contributed by atoms with E-state index in [1.165, 1.54) is 32.1 Å². The highest BCUT2D eigenvalue weighted by Gasteiger charge is 2.14. The van der Waals surface area contributed by atoms with Gasteiger partial charge in [-0.2, -0.15) is 0 Å². The number of Topliss-reactive ketones (excluding diaryl/α,β-unsaturated/α-hetero) is 1. The van der Waals surface area contributed by atoms with Crippen molar-refractivity contribution in [3.05, 3.63) is 23.8 Å². The minimum absolute atomic E-state index is 0.0803. The molecule has 1 saturated carbocycles. The maximum Gasteiger partial charge on any atom is 0.159 e. The lowest BCUT2D eigenvalue weighted by molar-refractivity contribution is 0.101. The minimum atomic E-state index is 0.0803. The molecular formula is C14H20N2O. The van der Waals surface area contributed by atoms with Gasteiger partial charge in [0.15, 0.2) is 5.78 Å². The van der Waals surface area contributed by atoms with Crippen molar-refractivity contribution in [2.75, 3.05) is 11.1 Å². The minimum Gasteiger partial charge on any atom is -0.397 e. The third kappa shape index (κ3) is 2.99. The second kappa shape index (κ2) is 5.21. The molecule has 0 unspecified atom stereocenters. The first-order valence-corrected chi connectivity index (χ1v) is 6.34. The predicted octanol–water partition coefficient (Wildman–Crippen LogP) is 3.22. The average molecular weight is 232 g/mol. The summed E-state index contributed by atoms with van der Waals surface area (Å²) in [7, 11) is 0. The fourth-order valence-electron chi connectivity index (χ4n) is 2.37. The molecule has 0 bridgehead atoms. The molecule has 0 amide bonds. The molecule has 1 aliphatic carbocycles. The van der Waals surface area contributed by atoms with Gasteiger partial charge in [0.25, 0.3) is 0 Å². The molecule has 3 N–H and O–H groups in total. The monoisotopic (exact) mass is 232 g/mol. The summed E-state index contributed by atoms with van der Waals surface area (Å²) in [4.78, 5) is 11.3. The third-order valence-electron chi connectivity index (χ3n) is 3.42. The van der Waals surface area contributed by atoms with E-state index in [1.807, 2.05) is 12.1 Å². The van der Waals surface area contributed by atoms with E-state index < -0.39 is 0 Å². The van der Waals surface area contributed by atoms with Crippen LogP contribution in [0.1, 0.15) is 49.4 Å². The lowest BCUT2D eigenvalue weighted by Gasteiger charge is -2.24. The van der Waals surface area contributed by atoms with E-state index in [2.05, 4.69) is 5.32 Å². The fraction of sp³-hybridized carbons (Fsp3) is 0.500. The first kappa shape index (κ1) is 12.0. The summed E-state index contributed by atoms with van der Waals surface area (Å²) in [5.74, 6) is 0.0803. The van der Waals surface area contributed by atoms with Gasteiger partial charge < -0.3 is 11.1 Å². The Bertz CT molecular complexity index is 409. The zero-order valence-corrected chi connectivity index (χ0v) is 10.3. The smallest absolute Gasteiger partial charge is 0.159 e. The van der Waals surface area contributed by atoms with Gasteiger partial charge in [-0.15, -0.1) is 0 Å². The summed E-state index contributed by atoms with van der Waals surface area (Å²) in [6.07, 6.45) is 6.29. The molecule has 0 heterocycles. The zero-order chi connectivity index (χ0) is 12.3. The summed E-state index contributed by atoms with van der Waals surface area (Å²) < 4.78 is 0. The van der Waals surface area contributed by atoms with Gasteiger partial charge in [-0.1, -0.05) is 19.3 Å². The number of carbonyl (C=O) groups excluding carboxylic acids is 1. The number of benzene rings is 1. The van der Waals surface area contributed by atoms with Crippen LogP contribution in [0.5, 0.6) is 0 Å². The first-order chi connectivity index (χ1) is 8.16. The number of anilines is 2. The molecule has 17 heavy (non-hydrogen) atoms. The van der Waals surface area contributed by atoms with E-state index in [1.54, 1.807) is 13.0 Å². The lowest BCUT2D eigenvalue weighted by Crippen LogP contribution is -2.22. The molecule has 0 spiro atoms. The number of ketones is 1. The number of nitrogens with two attached hydrogens (primary N) is 1. The first-order valence-electron chi connectivity index (χ1n) is 6.34. The summed E-state index contributed by atoms with van der Waals surface area (Å²) in [6.45, 7) is 1.58. The average Bonchev–Trinajstić information content (AvgIpc) is 2.33. The second-order valence-corrected chi connectivity index (χ2v) is 4.84. The Kier molecular flexibility index (Phi) is 3.67. The Morgan fingerprint density at radius 1 is 1.29 bits per heavy atom. The zero-order valence-electron chi connectivity index (χ0n) is 10.3. The van der Waals surface area contributed by atoms with Crippen LogP contribution in [0.15, 0.2) is 18.2 Å². The number of carbonyl (C=O) groups is 1. The van der Waals surface area contributed by atoms with Crippen LogP contribution in [0, 0.1) is 0 Å². The number of nitrogens with one attached hydrogen (secondary N) is 1. The van der Waals surface area contributed by atoms with Crippen LogP contribution in [0.2, 0.25) is 0 Å². The highest BCUT2D eigenvalue weighted by atomic mass is 16.1. The van der Waals surface area contributed by atoms with Gasteiger partial charge in [-0.05, 0) is 38.0 Å². The van der Waals surface area contributed by atoms with Crippen molar-refractivity contribution >= 4 is 17.2 Å². The number of rotatable bonds is 3. The highest BCUT2D eigenvalue weighted by molar-refractivity contribution is 5.96. The summed E-state index contributed by atoms with van der Waals surface area (Å²) in [6, 6.07) is 5.96. The number of nitrogen functional groups attached to an aromatic ring is 1. The van der Waals surface area contributed by atoms with Crippen LogP contribution >= 0.6 is 0 Å². The molecule has 1 aromatic rings. The van der Waals surface area contributed by atoms with Crippen LogP contribution in [-0.2, 0) is 0 Å². The van der Waals surface area contributed by atoms with Crippen molar-refractivity contribution in [3.8, 4) is 0 Å². The van der Waals surface area contributed by atoms with Crippen molar-refractivity contribution in [1.29, 1.82) is 0 Å². The van der Waals surface area contributed by atoms with Crippen molar-refractivity contribution in [1.82, 2.24) is 0 Å². The number of hydrogen-bond acceptors (Lipinski definition) is 3. The van der Waals surface area contributed by atoms with Gasteiger partial charge in [0.1, 0.15) is 0 Å². The van der Waals surface area contributed by atoms with Crippen LogP contribution < -0.4 is 11.1 Å². The standard InChI is InChI=1S/C14H20N2O/c1-10(17)11-7-8-13(15)14(9-11)16-12-5-3-2-4-6-12/h7-9,12,16H,2-6,15H2,1H3. The van der Waals surface area contributed by atoms with Gasteiger partial charge in [-0.25, -0.2) is 0 Å². The Morgan fingerprint density at radius 3 is 2.65 bits per heavy atom. The molecule has 0 aromatic heterocycles. The van der Waals surface area contributed by atoms with E-state index in [0.717, 1.165) is 16.9 Å². The van der Waals surface area contributed by atoms with Gasteiger partial charge in [0.2, 0.25) is 0 Å². The van der Waals surface area contributed by atoms with Gasteiger partial charge >= 0.3 is 0 Å².